The number of nitrogens with one attached hydrogen (secondary N) is 1. The Bertz CT molecular complexity index is 349. The molecule has 0 saturated carbocycles. The molecule has 1 aromatic rings. The first-order valence-electron chi connectivity index (χ1n) is 6.95. The smallest absolute Gasteiger partial charge is 0.0442 e. The monoisotopic (exact) mass is 249 g/mol. The summed E-state index contributed by atoms with van der Waals surface area (Å²) < 4.78 is 0. The van der Waals surface area contributed by atoms with E-state index in [9.17, 15) is 0 Å². The molecular formula is C15H27N3. The van der Waals surface area contributed by atoms with Crippen LogP contribution < -0.4 is 10.2 Å². The predicted molar refractivity (Wildman–Crippen MR) is 79.0 cm³/mol. The Morgan fingerprint density at radius 1 is 1.33 bits per heavy atom. The van der Waals surface area contributed by atoms with Gasteiger partial charge in [0.05, 0.1) is 0 Å². The lowest BCUT2D eigenvalue weighted by molar-refractivity contribution is 0.580. The molecule has 102 valence electrons. The van der Waals surface area contributed by atoms with Crippen molar-refractivity contribution in [3.63, 3.8) is 0 Å². The van der Waals surface area contributed by atoms with Crippen LogP contribution in [0.25, 0.3) is 0 Å². The highest BCUT2D eigenvalue weighted by Gasteiger charge is 2.12. The quantitative estimate of drug-likeness (QED) is 0.804. The minimum Gasteiger partial charge on any atom is -0.372 e. The molecule has 0 amide bonds. The highest BCUT2D eigenvalue weighted by atomic mass is 15.1. The summed E-state index contributed by atoms with van der Waals surface area (Å²) in [7, 11) is 2.18. The van der Waals surface area contributed by atoms with Gasteiger partial charge in [-0.15, -0.1) is 0 Å². The molecule has 1 unspecified atom stereocenters. The second-order valence-corrected chi connectivity index (χ2v) is 5.29. The Balaban J connectivity index is 2.80. The SMILES string of the molecule is CCCC(C)N(C)c1ccncc1CNC(C)C. The molecule has 0 radical (unpaired) electrons. The fourth-order valence-corrected chi connectivity index (χ4v) is 2.06. The largest absolute Gasteiger partial charge is 0.372 e. The van der Waals surface area contributed by atoms with Crippen molar-refractivity contribution in [2.75, 3.05) is 11.9 Å². The first-order chi connectivity index (χ1) is 8.56. The van der Waals surface area contributed by atoms with Crippen molar-refractivity contribution < 1.29 is 0 Å². The van der Waals surface area contributed by atoms with Gasteiger partial charge in [-0.05, 0) is 19.4 Å². The van der Waals surface area contributed by atoms with Gasteiger partial charge in [0, 0.05) is 49.3 Å². The Morgan fingerprint density at radius 3 is 2.67 bits per heavy atom. The van der Waals surface area contributed by atoms with Crippen LogP contribution in [0.2, 0.25) is 0 Å². The fraction of sp³-hybridized carbons (Fsp3) is 0.667. The number of hydrogen-bond donors (Lipinski definition) is 1. The number of rotatable bonds is 7. The highest BCUT2D eigenvalue weighted by molar-refractivity contribution is 5.52. The van der Waals surface area contributed by atoms with E-state index in [2.05, 4.69) is 56.0 Å². The lowest BCUT2D eigenvalue weighted by atomic mass is 10.1. The molecule has 0 bridgehead atoms. The van der Waals surface area contributed by atoms with Crippen LogP contribution >= 0.6 is 0 Å². The molecule has 1 rings (SSSR count). The Labute approximate surface area is 112 Å². The van der Waals surface area contributed by atoms with Gasteiger partial charge >= 0.3 is 0 Å². The van der Waals surface area contributed by atoms with Crippen molar-refractivity contribution in [2.45, 2.75) is 59.2 Å². The van der Waals surface area contributed by atoms with Crippen LogP contribution in [0.15, 0.2) is 18.5 Å². The standard InChI is InChI=1S/C15H27N3/c1-6-7-13(4)18(5)15-8-9-16-10-14(15)11-17-12(2)3/h8-10,12-13,17H,6-7,11H2,1-5H3. The third-order valence-electron chi connectivity index (χ3n) is 3.33. The second-order valence-electron chi connectivity index (χ2n) is 5.29. The number of hydrogen-bond acceptors (Lipinski definition) is 3. The van der Waals surface area contributed by atoms with Crippen molar-refractivity contribution in [2.24, 2.45) is 0 Å². The van der Waals surface area contributed by atoms with Gasteiger partial charge in [-0.2, -0.15) is 0 Å². The number of pyridine rings is 1. The maximum Gasteiger partial charge on any atom is 0.0442 e. The van der Waals surface area contributed by atoms with E-state index in [4.69, 9.17) is 0 Å². The molecule has 0 aliphatic rings. The number of nitrogens with zero attached hydrogens (tertiary/aromatic N) is 2. The molecule has 0 aromatic carbocycles. The molecule has 0 aliphatic heterocycles. The van der Waals surface area contributed by atoms with Crippen LogP contribution in [0.3, 0.4) is 0 Å². The summed E-state index contributed by atoms with van der Waals surface area (Å²) in [5, 5.41) is 3.46. The Morgan fingerprint density at radius 2 is 2.06 bits per heavy atom. The minimum atomic E-state index is 0.497. The van der Waals surface area contributed by atoms with E-state index >= 15 is 0 Å². The summed E-state index contributed by atoms with van der Waals surface area (Å²) in [5.74, 6) is 0. The van der Waals surface area contributed by atoms with Crippen LogP contribution in [-0.2, 0) is 6.54 Å². The minimum absolute atomic E-state index is 0.497. The molecule has 1 aromatic heterocycles. The first kappa shape index (κ1) is 15.0. The topological polar surface area (TPSA) is 28.2 Å². The summed E-state index contributed by atoms with van der Waals surface area (Å²) in [6.45, 7) is 9.73. The van der Waals surface area contributed by atoms with E-state index in [1.54, 1.807) is 0 Å². The third-order valence-corrected chi connectivity index (χ3v) is 3.33. The van der Waals surface area contributed by atoms with E-state index in [0.717, 1.165) is 6.54 Å². The number of anilines is 1. The molecule has 3 nitrogen and oxygen atoms in total. The second kappa shape index (κ2) is 7.37. The zero-order valence-electron chi connectivity index (χ0n) is 12.4. The maximum atomic E-state index is 4.24. The van der Waals surface area contributed by atoms with Gasteiger partial charge in [0.15, 0.2) is 0 Å². The zero-order valence-corrected chi connectivity index (χ0v) is 12.4. The van der Waals surface area contributed by atoms with Crippen molar-refractivity contribution in [1.29, 1.82) is 0 Å². The zero-order chi connectivity index (χ0) is 13.5. The summed E-state index contributed by atoms with van der Waals surface area (Å²) in [4.78, 5) is 6.61. The lowest BCUT2D eigenvalue weighted by Gasteiger charge is -2.29. The van der Waals surface area contributed by atoms with Gasteiger partial charge in [-0.1, -0.05) is 27.2 Å². The van der Waals surface area contributed by atoms with Crippen molar-refractivity contribution in [1.82, 2.24) is 10.3 Å². The van der Waals surface area contributed by atoms with Gasteiger partial charge in [0.1, 0.15) is 0 Å². The molecule has 0 saturated heterocycles. The molecule has 0 fully saturated rings. The Hall–Kier alpha value is -1.09. The van der Waals surface area contributed by atoms with Crippen LogP contribution in [0, 0.1) is 0 Å². The van der Waals surface area contributed by atoms with Crippen molar-refractivity contribution in [3.8, 4) is 0 Å². The summed E-state index contributed by atoms with van der Waals surface area (Å²) in [6.07, 6.45) is 6.29. The fourth-order valence-electron chi connectivity index (χ4n) is 2.06. The molecule has 18 heavy (non-hydrogen) atoms. The van der Waals surface area contributed by atoms with Gasteiger partial charge in [-0.25, -0.2) is 0 Å². The molecule has 3 heteroatoms. The van der Waals surface area contributed by atoms with Gasteiger partial charge in [-0.3, -0.25) is 4.98 Å². The first-order valence-corrected chi connectivity index (χ1v) is 6.95. The van der Waals surface area contributed by atoms with Crippen LogP contribution in [0.5, 0.6) is 0 Å². The van der Waals surface area contributed by atoms with Gasteiger partial charge < -0.3 is 10.2 Å². The maximum absolute atomic E-state index is 4.24. The number of aromatic nitrogens is 1. The molecule has 0 aliphatic carbocycles. The lowest BCUT2D eigenvalue weighted by Crippen LogP contribution is -2.31. The van der Waals surface area contributed by atoms with E-state index in [1.165, 1.54) is 24.1 Å². The van der Waals surface area contributed by atoms with E-state index in [-0.39, 0.29) is 0 Å². The van der Waals surface area contributed by atoms with Gasteiger partial charge in [0.2, 0.25) is 0 Å². The molecule has 1 N–H and O–H groups in total. The Kier molecular flexibility index (Phi) is 6.13. The highest BCUT2D eigenvalue weighted by Crippen LogP contribution is 2.21. The van der Waals surface area contributed by atoms with E-state index in [0.29, 0.717) is 12.1 Å². The van der Waals surface area contributed by atoms with E-state index < -0.39 is 0 Å². The van der Waals surface area contributed by atoms with Crippen LogP contribution in [0.1, 0.15) is 46.1 Å². The van der Waals surface area contributed by atoms with E-state index in [1.807, 2.05) is 12.4 Å². The predicted octanol–water partition coefficient (Wildman–Crippen LogP) is 3.20. The molecule has 1 heterocycles. The average molecular weight is 249 g/mol. The summed E-state index contributed by atoms with van der Waals surface area (Å²) >= 11 is 0. The normalized spacial score (nSPS) is 12.8. The summed E-state index contributed by atoms with van der Waals surface area (Å²) in [5.41, 5.74) is 2.57. The van der Waals surface area contributed by atoms with Crippen molar-refractivity contribution >= 4 is 5.69 Å². The van der Waals surface area contributed by atoms with Crippen molar-refractivity contribution in [3.05, 3.63) is 24.0 Å². The third kappa shape index (κ3) is 4.30. The molecular weight excluding hydrogens is 222 g/mol. The summed E-state index contributed by atoms with van der Waals surface area (Å²) in [6, 6.07) is 3.18. The average Bonchev–Trinajstić information content (AvgIpc) is 2.36. The molecule has 0 spiro atoms. The van der Waals surface area contributed by atoms with Crippen LogP contribution in [0.4, 0.5) is 5.69 Å². The van der Waals surface area contributed by atoms with Gasteiger partial charge in [0.25, 0.3) is 0 Å². The molecule has 1 atom stereocenters. The van der Waals surface area contributed by atoms with Crippen LogP contribution in [-0.4, -0.2) is 24.1 Å².